The maximum absolute atomic E-state index is 13.4. The Balaban J connectivity index is 1.21. The molecule has 5 rings (SSSR count). The number of carbonyl (C=O) groups is 3. The van der Waals surface area contributed by atoms with Crippen molar-refractivity contribution in [2.75, 3.05) is 44.6 Å². The lowest BCUT2D eigenvalue weighted by Gasteiger charge is -2.39. The van der Waals surface area contributed by atoms with Crippen LogP contribution in [-0.4, -0.2) is 98.0 Å². The quantitative estimate of drug-likeness (QED) is 0.306. The number of rotatable bonds is 7. The molecule has 244 valence electrons. The molecule has 0 spiro atoms. The predicted octanol–water partition coefficient (Wildman–Crippen LogP) is 2.92. The van der Waals surface area contributed by atoms with Crippen LogP contribution in [0, 0.1) is 11.3 Å². The average molecular weight is 641 g/mol. The van der Waals surface area contributed by atoms with E-state index in [0.29, 0.717) is 62.5 Å². The van der Waals surface area contributed by atoms with Crippen molar-refractivity contribution in [1.82, 2.24) is 34.9 Å². The van der Waals surface area contributed by atoms with E-state index in [-0.39, 0.29) is 53.6 Å². The molecule has 2 saturated heterocycles. The number of benzene rings is 1. The number of nitrogens with zero attached hydrogens (tertiary/aromatic N) is 6. The molecule has 0 saturated carbocycles. The Morgan fingerprint density at radius 2 is 1.87 bits per heavy atom. The van der Waals surface area contributed by atoms with Crippen LogP contribution >= 0.6 is 0 Å². The number of nitrogens with two attached hydrogens (primary N) is 1. The van der Waals surface area contributed by atoms with Gasteiger partial charge in [-0.05, 0) is 43.0 Å². The van der Waals surface area contributed by atoms with Crippen molar-refractivity contribution in [3.8, 4) is 6.07 Å². The summed E-state index contributed by atoms with van der Waals surface area (Å²) in [5.41, 5.74) is 6.60. The molecule has 2 aliphatic rings. The number of amides is 4. The zero-order chi connectivity index (χ0) is 33.0. The lowest BCUT2D eigenvalue weighted by atomic mass is 10.0. The molecule has 5 N–H and O–H groups in total. The molecular formula is C30H35F3N10O3. The second-order valence-electron chi connectivity index (χ2n) is 11.4. The first-order chi connectivity index (χ1) is 22.0. The van der Waals surface area contributed by atoms with Crippen LogP contribution < -0.4 is 11.1 Å². The number of nitrogens with one attached hydrogen (secondary N) is 3. The van der Waals surface area contributed by atoms with E-state index in [1.165, 1.54) is 6.20 Å². The van der Waals surface area contributed by atoms with Gasteiger partial charge >= 0.3 is 12.2 Å². The fourth-order valence-electron chi connectivity index (χ4n) is 5.82. The fraction of sp³-hybridized carbons (Fsp3) is 0.467. The molecule has 46 heavy (non-hydrogen) atoms. The van der Waals surface area contributed by atoms with Crippen LogP contribution in [0.5, 0.6) is 0 Å². The normalized spacial score (nSPS) is 17.1. The smallest absolute Gasteiger partial charge is 0.337 e. The number of imidazole rings is 1. The Labute approximate surface area is 262 Å². The van der Waals surface area contributed by atoms with Crippen molar-refractivity contribution in [3.63, 3.8) is 0 Å². The number of piperazine rings is 1. The fourth-order valence-corrected chi connectivity index (χ4v) is 5.82. The van der Waals surface area contributed by atoms with E-state index in [9.17, 15) is 27.6 Å². The van der Waals surface area contributed by atoms with E-state index >= 15 is 0 Å². The van der Waals surface area contributed by atoms with E-state index < -0.39 is 17.8 Å². The van der Waals surface area contributed by atoms with Crippen LogP contribution in [0.4, 0.5) is 23.7 Å². The minimum absolute atomic E-state index is 0.00974. The molecule has 0 unspecified atom stereocenters. The van der Waals surface area contributed by atoms with Gasteiger partial charge in [-0.2, -0.15) is 23.5 Å². The summed E-state index contributed by atoms with van der Waals surface area (Å²) in [6.45, 7) is 4.77. The summed E-state index contributed by atoms with van der Waals surface area (Å²) in [5.74, 6) is -0.903. The molecule has 0 aliphatic carbocycles. The highest BCUT2D eigenvalue weighted by Crippen LogP contribution is 2.33. The van der Waals surface area contributed by atoms with Gasteiger partial charge in [0, 0.05) is 80.4 Å². The van der Waals surface area contributed by atoms with Gasteiger partial charge in [-0.3, -0.25) is 14.7 Å². The molecule has 2 aromatic heterocycles. The van der Waals surface area contributed by atoms with Gasteiger partial charge in [-0.25, -0.2) is 9.78 Å². The van der Waals surface area contributed by atoms with Crippen molar-refractivity contribution in [3.05, 3.63) is 64.0 Å². The van der Waals surface area contributed by atoms with Crippen molar-refractivity contribution < 1.29 is 27.6 Å². The van der Waals surface area contributed by atoms with Crippen LogP contribution in [0.3, 0.4) is 0 Å². The third-order valence-electron chi connectivity index (χ3n) is 8.23. The van der Waals surface area contributed by atoms with Crippen LogP contribution in [0.1, 0.15) is 69.0 Å². The third-order valence-corrected chi connectivity index (χ3v) is 8.23. The lowest BCUT2D eigenvalue weighted by Crippen LogP contribution is -2.56. The highest BCUT2D eigenvalue weighted by Gasteiger charge is 2.38. The Bertz CT molecular complexity index is 1640. The number of urea groups is 1. The number of aryl methyl sites for hydroxylation is 1. The van der Waals surface area contributed by atoms with Crippen molar-refractivity contribution in [1.29, 1.82) is 5.26 Å². The van der Waals surface area contributed by atoms with Gasteiger partial charge in [0.05, 0.1) is 18.2 Å². The molecule has 0 radical (unpaired) electrons. The first-order valence-corrected chi connectivity index (χ1v) is 15.1. The standard InChI is InChI=1S/C30H35F3N10O3/c1-2-18-14-20(5-6-22(18)28(45)41-10-12-42(13-11-41)29(46)43-9-3-4-19(35)17-43)38-27(44)26-36-16-21(37-26)15-23-24(7-8-34)39-40-25(23)30(31,32)33/h5-6,14,16,19H,2-4,7,9-13,15,17,35H2,1H3,(H,36,37)(H,38,44)(H,39,40)/t19-/m1/s1. The summed E-state index contributed by atoms with van der Waals surface area (Å²) in [5, 5.41) is 17.3. The van der Waals surface area contributed by atoms with E-state index in [0.717, 1.165) is 12.8 Å². The largest absolute Gasteiger partial charge is 0.435 e. The molecule has 13 nitrogen and oxygen atoms in total. The molecule has 4 heterocycles. The molecule has 2 aliphatic heterocycles. The summed E-state index contributed by atoms with van der Waals surface area (Å²) < 4.78 is 40.3. The first-order valence-electron chi connectivity index (χ1n) is 15.1. The van der Waals surface area contributed by atoms with Gasteiger partial charge in [0.25, 0.3) is 11.8 Å². The van der Waals surface area contributed by atoms with Gasteiger partial charge < -0.3 is 30.7 Å². The Morgan fingerprint density at radius 1 is 1.13 bits per heavy atom. The van der Waals surface area contributed by atoms with Crippen molar-refractivity contribution in [2.24, 2.45) is 5.73 Å². The van der Waals surface area contributed by atoms with Gasteiger partial charge in [0.15, 0.2) is 11.5 Å². The van der Waals surface area contributed by atoms with E-state index in [1.807, 2.05) is 13.0 Å². The highest BCUT2D eigenvalue weighted by atomic mass is 19.4. The van der Waals surface area contributed by atoms with E-state index in [2.05, 4.69) is 25.5 Å². The van der Waals surface area contributed by atoms with Crippen LogP contribution in [0.25, 0.3) is 0 Å². The topological polar surface area (TPSA) is 180 Å². The van der Waals surface area contributed by atoms with E-state index in [4.69, 9.17) is 11.0 Å². The zero-order valence-electron chi connectivity index (χ0n) is 25.3. The Hall–Kier alpha value is -4.91. The van der Waals surface area contributed by atoms with E-state index in [1.54, 1.807) is 32.9 Å². The van der Waals surface area contributed by atoms with Crippen molar-refractivity contribution in [2.45, 2.75) is 51.2 Å². The maximum atomic E-state index is 13.4. The number of likely N-dealkylation sites (tertiary alicyclic amines) is 1. The van der Waals surface area contributed by atoms with Crippen molar-refractivity contribution >= 4 is 23.5 Å². The summed E-state index contributed by atoms with van der Waals surface area (Å²) >= 11 is 0. The van der Waals surface area contributed by atoms with Gasteiger partial charge in [-0.1, -0.05) is 6.92 Å². The zero-order valence-corrected chi connectivity index (χ0v) is 25.3. The van der Waals surface area contributed by atoms with Crippen LogP contribution in [0.15, 0.2) is 24.4 Å². The second-order valence-corrected chi connectivity index (χ2v) is 11.4. The molecule has 16 heteroatoms. The second kappa shape index (κ2) is 13.6. The summed E-state index contributed by atoms with van der Waals surface area (Å²) in [6, 6.07) is 6.70. The number of aromatic amines is 2. The minimum atomic E-state index is -4.72. The first kappa shape index (κ1) is 32.5. The number of alkyl halides is 3. The molecule has 0 bridgehead atoms. The minimum Gasteiger partial charge on any atom is -0.337 e. The number of H-pyrrole nitrogens is 2. The molecule has 1 atom stereocenters. The highest BCUT2D eigenvalue weighted by molar-refractivity contribution is 6.02. The number of halogens is 3. The molecular weight excluding hydrogens is 605 g/mol. The summed E-state index contributed by atoms with van der Waals surface area (Å²) in [4.78, 5) is 51.3. The number of anilines is 1. The molecule has 4 amide bonds. The SMILES string of the molecule is CCc1cc(NC(=O)c2ncc(Cc3c(C(F)(F)F)n[nH]c3CC#N)[nH]2)ccc1C(=O)N1CCN(C(=O)N2CCC[C@@H](N)C2)CC1. The monoisotopic (exact) mass is 640 g/mol. The number of hydrogen-bond acceptors (Lipinski definition) is 7. The number of piperidine rings is 1. The summed E-state index contributed by atoms with van der Waals surface area (Å²) in [7, 11) is 0. The van der Waals surface area contributed by atoms with Gasteiger partial charge in [-0.15, -0.1) is 0 Å². The number of nitriles is 1. The predicted molar refractivity (Wildman–Crippen MR) is 160 cm³/mol. The third kappa shape index (κ3) is 7.15. The average Bonchev–Trinajstić information content (AvgIpc) is 3.68. The summed E-state index contributed by atoms with van der Waals surface area (Å²) in [6.07, 6.45) is -1.72. The number of carbonyl (C=O) groups excluding carboxylic acids is 3. The molecule has 2 fully saturated rings. The Kier molecular flexibility index (Phi) is 9.61. The number of aromatic nitrogens is 4. The van der Waals surface area contributed by atoms with Gasteiger partial charge in [0.2, 0.25) is 0 Å². The van der Waals surface area contributed by atoms with Crippen LogP contribution in [0.2, 0.25) is 0 Å². The Morgan fingerprint density at radius 3 is 2.54 bits per heavy atom. The maximum Gasteiger partial charge on any atom is 0.435 e. The van der Waals surface area contributed by atoms with Crippen LogP contribution in [-0.2, 0) is 25.4 Å². The molecule has 3 aromatic rings. The molecule has 1 aromatic carbocycles. The number of hydrogen-bond donors (Lipinski definition) is 4. The lowest BCUT2D eigenvalue weighted by molar-refractivity contribution is -0.141. The van der Waals surface area contributed by atoms with Gasteiger partial charge in [0.1, 0.15) is 0 Å².